The fourth-order valence-corrected chi connectivity index (χ4v) is 4.09. The standard InChI is InChI=1S/C25H32N6O/c1-2-26-25(27-14-12-23-29-21-10-6-7-11-22(21)30-23)28-17-20-16-24(32)31(18-20)15-13-19-8-4-3-5-9-19/h3-11,20H,2,12-18H2,1H3,(H,29,30)(H2,26,27,28). The van der Waals surface area contributed by atoms with Gasteiger partial charge in [-0.2, -0.15) is 0 Å². The third-order valence-corrected chi connectivity index (χ3v) is 5.75. The van der Waals surface area contributed by atoms with Crippen LogP contribution in [0.25, 0.3) is 11.0 Å². The number of guanidine groups is 1. The number of aromatic amines is 1. The number of H-pyrrole nitrogens is 1. The zero-order valence-corrected chi connectivity index (χ0v) is 18.7. The summed E-state index contributed by atoms with van der Waals surface area (Å²) in [7, 11) is 0. The fourth-order valence-electron chi connectivity index (χ4n) is 4.09. The maximum atomic E-state index is 12.4. The largest absolute Gasteiger partial charge is 0.357 e. The number of carbonyl (C=O) groups excluding carboxylic acids is 1. The van der Waals surface area contributed by atoms with Crippen LogP contribution in [0.5, 0.6) is 0 Å². The molecule has 1 aliphatic rings. The first-order valence-electron chi connectivity index (χ1n) is 11.5. The summed E-state index contributed by atoms with van der Waals surface area (Å²) in [5, 5.41) is 6.69. The van der Waals surface area contributed by atoms with E-state index in [-0.39, 0.29) is 11.8 Å². The van der Waals surface area contributed by atoms with Crippen LogP contribution in [0.4, 0.5) is 0 Å². The van der Waals surface area contributed by atoms with Crippen molar-refractivity contribution in [3.8, 4) is 0 Å². The van der Waals surface area contributed by atoms with Gasteiger partial charge in [0.2, 0.25) is 5.91 Å². The molecule has 3 aromatic rings. The Hall–Kier alpha value is -3.35. The van der Waals surface area contributed by atoms with Crippen LogP contribution in [0.1, 0.15) is 24.7 Å². The van der Waals surface area contributed by atoms with Crippen LogP contribution in [0, 0.1) is 5.92 Å². The molecule has 7 heteroatoms. The summed E-state index contributed by atoms with van der Waals surface area (Å²) in [6.07, 6.45) is 2.26. The Balaban J connectivity index is 1.24. The van der Waals surface area contributed by atoms with Crippen molar-refractivity contribution in [3.05, 3.63) is 66.0 Å². The van der Waals surface area contributed by atoms with Gasteiger partial charge >= 0.3 is 0 Å². The second-order valence-corrected chi connectivity index (χ2v) is 8.24. The Labute approximate surface area is 189 Å². The normalized spacial score (nSPS) is 16.7. The maximum Gasteiger partial charge on any atom is 0.223 e. The third-order valence-electron chi connectivity index (χ3n) is 5.75. The topological polar surface area (TPSA) is 85.4 Å². The van der Waals surface area contributed by atoms with E-state index in [0.29, 0.717) is 13.0 Å². The van der Waals surface area contributed by atoms with Gasteiger partial charge in [0.25, 0.3) is 0 Å². The summed E-state index contributed by atoms with van der Waals surface area (Å²) >= 11 is 0. The van der Waals surface area contributed by atoms with Gasteiger partial charge in [0.05, 0.1) is 11.0 Å². The van der Waals surface area contributed by atoms with E-state index >= 15 is 0 Å². The molecular formula is C25H32N6O. The number of hydrogen-bond acceptors (Lipinski definition) is 3. The Morgan fingerprint density at radius 3 is 2.75 bits per heavy atom. The molecule has 1 fully saturated rings. The highest BCUT2D eigenvalue weighted by atomic mass is 16.2. The fraction of sp³-hybridized carbons (Fsp3) is 0.400. The molecule has 0 saturated carbocycles. The number of nitrogens with zero attached hydrogens (tertiary/aromatic N) is 3. The van der Waals surface area contributed by atoms with Crippen molar-refractivity contribution in [1.29, 1.82) is 0 Å². The number of aromatic nitrogens is 2. The van der Waals surface area contributed by atoms with Crippen LogP contribution in [-0.4, -0.2) is 59.5 Å². The van der Waals surface area contributed by atoms with Crippen LogP contribution in [-0.2, 0) is 17.6 Å². The first kappa shape index (κ1) is 21.9. The summed E-state index contributed by atoms with van der Waals surface area (Å²) in [6, 6.07) is 18.4. The third kappa shape index (κ3) is 5.87. The number of carbonyl (C=O) groups is 1. The number of nitrogens with one attached hydrogen (secondary N) is 3. The molecule has 0 bridgehead atoms. The second-order valence-electron chi connectivity index (χ2n) is 8.24. The molecule has 1 atom stereocenters. The highest BCUT2D eigenvalue weighted by Crippen LogP contribution is 2.18. The molecule has 1 saturated heterocycles. The number of rotatable bonds is 9. The van der Waals surface area contributed by atoms with Crippen LogP contribution in [0.3, 0.4) is 0 Å². The van der Waals surface area contributed by atoms with Gasteiger partial charge in [-0.25, -0.2) is 4.98 Å². The number of benzene rings is 2. The second kappa shape index (κ2) is 10.8. The lowest BCUT2D eigenvalue weighted by Crippen LogP contribution is -2.38. The van der Waals surface area contributed by atoms with Crippen LogP contribution in [0.15, 0.2) is 59.6 Å². The molecule has 168 valence electrons. The van der Waals surface area contributed by atoms with Crippen molar-refractivity contribution in [2.45, 2.75) is 26.2 Å². The van der Waals surface area contributed by atoms with Crippen molar-refractivity contribution < 1.29 is 4.79 Å². The van der Waals surface area contributed by atoms with Crippen LogP contribution in [0.2, 0.25) is 0 Å². The van der Waals surface area contributed by atoms with Crippen molar-refractivity contribution in [2.24, 2.45) is 10.9 Å². The van der Waals surface area contributed by atoms with Gasteiger partial charge in [0.15, 0.2) is 5.96 Å². The first-order chi connectivity index (χ1) is 15.7. The lowest BCUT2D eigenvalue weighted by atomic mass is 10.1. The van der Waals surface area contributed by atoms with E-state index < -0.39 is 0 Å². The number of para-hydroxylation sites is 2. The van der Waals surface area contributed by atoms with E-state index in [1.165, 1.54) is 5.56 Å². The smallest absolute Gasteiger partial charge is 0.223 e. The zero-order valence-electron chi connectivity index (χ0n) is 18.7. The van der Waals surface area contributed by atoms with Crippen molar-refractivity contribution in [3.63, 3.8) is 0 Å². The van der Waals surface area contributed by atoms with E-state index in [2.05, 4.69) is 39.7 Å². The average molecular weight is 433 g/mol. The molecule has 0 spiro atoms. The molecule has 7 nitrogen and oxygen atoms in total. The Kier molecular flexibility index (Phi) is 7.38. The van der Waals surface area contributed by atoms with E-state index in [9.17, 15) is 4.79 Å². The lowest BCUT2D eigenvalue weighted by molar-refractivity contribution is -0.127. The van der Waals surface area contributed by atoms with Gasteiger partial charge in [-0.15, -0.1) is 0 Å². The van der Waals surface area contributed by atoms with Gasteiger partial charge in [0.1, 0.15) is 5.82 Å². The zero-order chi connectivity index (χ0) is 22.2. The highest BCUT2D eigenvalue weighted by Gasteiger charge is 2.29. The molecule has 1 amide bonds. The number of imidazole rings is 1. The molecular weight excluding hydrogens is 400 g/mol. The lowest BCUT2D eigenvalue weighted by Gasteiger charge is -2.16. The van der Waals surface area contributed by atoms with Crippen LogP contribution < -0.4 is 10.6 Å². The molecule has 0 radical (unpaired) electrons. The number of aliphatic imine (C=N–C) groups is 1. The molecule has 1 aliphatic heterocycles. The molecule has 2 aromatic carbocycles. The van der Waals surface area contributed by atoms with Gasteiger partial charge < -0.3 is 20.5 Å². The van der Waals surface area contributed by atoms with Crippen molar-refractivity contribution in [2.75, 3.05) is 32.7 Å². The van der Waals surface area contributed by atoms with E-state index in [4.69, 9.17) is 4.99 Å². The van der Waals surface area contributed by atoms with Gasteiger partial charge in [-0.1, -0.05) is 42.5 Å². The molecule has 3 N–H and O–H groups in total. The molecule has 32 heavy (non-hydrogen) atoms. The predicted octanol–water partition coefficient (Wildman–Crippen LogP) is 2.75. The SMILES string of the molecule is CCNC(=NCC1CC(=O)N(CCc2ccccc2)C1)NCCc1nc2ccccc2[nH]1. The Bertz CT molecular complexity index is 1010. The minimum atomic E-state index is 0.240. The van der Waals surface area contributed by atoms with E-state index in [1.807, 2.05) is 47.4 Å². The predicted molar refractivity (Wildman–Crippen MR) is 129 cm³/mol. The highest BCUT2D eigenvalue weighted by molar-refractivity contribution is 5.80. The molecule has 1 aromatic heterocycles. The van der Waals surface area contributed by atoms with E-state index in [0.717, 1.165) is 61.8 Å². The minimum absolute atomic E-state index is 0.240. The number of hydrogen-bond donors (Lipinski definition) is 3. The van der Waals surface area contributed by atoms with Gasteiger partial charge in [-0.3, -0.25) is 9.79 Å². The van der Waals surface area contributed by atoms with Gasteiger partial charge in [-0.05, 0) is 31.0 Å². The minimum Gasteiger partial charge on any atom is -0.357 e. The first-order valence-corrected chi connectivity index (χ1v) is 11.5. The monoisotopic (exact) mass is 432 g/mol. The number of fused-ring (bicyclic) bond motifs is 1. The summed E-state index contributed by atoms with van der Waals surface area (Å²) in [4.78, 5) is 27.1. The number of amides is 1. The molecule has 4 rings (SSSR count). The van der Waals surface area contributed by atoms with Crippen LogP contribution >= 0.6 is 0 Å². The quantitative estimate of drug-likeness (QED) is 0.359. The molecule has 2 heterocycles. The number of likely N-dealkylation sites (tertiary alicyclic amines) is 1. The van der Waals surface area contributed by atoms with E-state index in [1.54, 1.807) is 0 Å². The summed E-state index contributed by atoms with van der Waals surface area (Å²) in [5.74, 6) is 2.26. The molecule has 0 aliphatic carbocycles. The summed E-state index contributed by atoms with van der Waals surface area (Å²) in [6.45, 7) is 5.79. The summed E-state index contributed by atoms with van der Waals surface area (Å²) < 4.78 is 0. The molecule has 1 unspecified atom stereocenters. The average Bonchev–Trinajstić information content (AvgIpc) is 3.39. The Morgan fingerprint density at radius 1 is 1.12 bits per heavy atom. The van der Waals surface area contributed by atoms with Crippen molar-refractivity contribution in [1.82, 2.24) is 25.5 Å². The van der Waals surface area contributed by atoms with Gasteiger partial charge in [0, 0.05) is 51.5 Å². The van der Waals surface area contributed by atoms with Crippen molar-refractivity contribution >= 4 is 22.9 Å². The maximum absolute atomic E-state index is 12.4. The Morgan fingerprint density at radius 2 is 1.94 bits per heavy atom. The summed E-state index contributed by atoms with van der Waals surface area (Å²) in [5.41, 5.74) is 3.32.